The number of rotatable bonds is 3. The van der Waals surface area contributed by atoms with Crippen molar-refractivity contribution < 1.29 is 13.2 Å². The number of piperidine rings is 1. The van der Waals surface area contributed by atoms with E-state index in [1.54, 1.807) is 42.6 Å². The van der Waals surface area contributed by atoms with Gasteiger partial charge in [0.05, 0.1) is 12.4 Å². The molecule has 1 unspecified atom stereocenters. The van der Waals surface area contributed by atoms with E-state index in [-0.39, 0.29) is 5.92 Å². The molecule has 0 amide bonds. The van der Waals surface area contributed by atoms with Gasteiger partial charge in [0, 0.05) is 44.6 Å². The van der Waals surface area contributed by atoms with Gasteiger partial charge in [0.1, 0.15) is 11.6 Å². The summed E-state index contributed by atoms with van der Waals surface area (Å²) in [6, 6.07) is 1.80. The summed E-state index contributed by atoms with van der Waals surface area (Å²) in [4.78, 5) is 14.7. The Hall–Kier alpha value is -2.91. The van der Waals surface area contributed by atoms with Crippen LogP contribution in [0.4, 0.5) is 19.0 Å². The van der Waals surface area contributed by atoms with Gasteiger partial charge in [0.2, 0.25) is 0 Å². The van der Waals surface area contributed by atoms with E-state index >= 15 is 0 Å². The molecule has 142 valence electrons. The fourth-order valence-electron chi connectivity index (χ4n) is 3.41. The maximum Gasteiger partial charge on any atom is 0.434 e. The monoisotopic (exact) mass is 377 g/mol. The van der Waals surface area contributed by atoms with Crippen molar-refractivity contribution >= 4 is 5.82 Å². The van der Waals surface area contributed by atoms with Crippen LogP contribution in [0.15, 0.2) is 37.1 Å². The molecule has 4 heterocycles. The van der Waals surface area contributed by atoms with E-state index in [2.05, 4.69) is 20.1 Å². The van der Waals surface area contributed by atoms with Gasteiger partial charge >= 0.3 is 6.18 Å². The van der Waals surface area contributed by atoms with Gasteiger partial charge in [0.25, 0.3) is 0 Å². The second-order valence-corrected chi connectivity index (χ2v) is 6.56. The third-order valence-corrected chi connectivity index (χ3v) is 4.66. The highest BCUT2D eigenvalue weighted by Gasteiger charge is 2.36. The van der Waals surface area contributed by atoms with E-state index in [0.717, 1.165) is 25.6 Å². The van der Waals surface area contributed by atoms with E-state index < -0.39 is 11.9 Å². The van der Waals surface area contributed by atoms with Gasteiger partial charge in [-0.25, -0.2) is 14.6 Å². The Morgan fingerprint density at radius 1 is 1.15 bits per heavy atom. The number of nitrogens with zero attached hydrogens (tertiary/aromatic N) is 7. The van der Waals surface area contributed by atoms with Gasteiger partial charge in [-0.1, -0.05) is 0 Å². The van der Waals surface area contributed by atoms with Crippen LogP contribution in [0.1, 0.15) is 30.3 Å². The molecule has 1 aliphatic heterocycles. The van der Waals surface area contributed by atoms with Crippen molar-refractivity contribution in [3.05, 3.63) is 48.6 Å². The molecule has 0 aromatic carbocycles. The van der Waals surface area contributed by atoms with Crippen molar-refractivity contribution in [2.24, 2.45) is 7.05 Å². The Bertz CT molecular complexity index is 917. The molecule has 1 fully saturated rings. The van der Waals surface area contributed by atoms with Crippen LogP contribution in [0.3, 0.4) is 0 Å². The van der Waals surface area contributed by atoms with Gasteiger partial charge < -0.3 is 9.47 Å². The Morgan fingerprint density at radius 2 is 1.96 bits per heavy atom. The van der Waals surface area contributed by atoms with E-state index in [0.29, 0.717) is 24.0 Å². The van der Waals surface area contributed by atoms with Crippen LogP contribution in [-0.2, 0) is 13.2 Å². The average molecular weight is 377 g/mol. The number of hydrogen-bond acceptors (Lipinski definition) is 5. The molecule has 0 N–H and O–H groups in total. The molecule has 27 heavy (non-hydrogen) atoms. The normalized spacial score (nSPS) is 18.1. The molecule has 0 radical (unpaired) electrons. The number of aryl methyl sites for hydroxylation is 1. The van der Waals surface area contributed by atoms with Gasteiger partial charge in [0.15, 0.2) is 11.5 Å². The number of alkyl halides is 3. The summed E-state index contributed by atoms with van der Waals surface area (Å²) in [5.74, 6) is 1.62. The highest BCUT2D eigenvalue weighted by molar-refractivity contribution is 5.40. The van der Waals surface area contributed by atoms with E-state index in [9.17, 15) is 13.2 Å². The van der Waals surface area contributed by atoms with E-state index in [4.69, 9.17) is 0 Å². The highest BCUT2D eigenvalue weighted by atomic mass is 19.4. The lowest BCUT2D eigenvalue weighted by molar-refractivity contribution is -0.141. The quantitative estimate of drug-likeness (QED) is 0.702. The molecule has 1 aliphatic rings. The van der Waals surface area contributed by atoms with Crippen LogP contribution in [-0.4, -0.2) is 42.4 Å². The molecule has 1 saturated heterocycles. The van der Waals surface area contributed by atoms with Crippen LogP contribution >= 0.6 is 0 Å². The van der Waals surface area contributed by atoms with Crippen molar-refractivity contribution in [1.29, 1.82) is 0 Å². The Labute approximate surface area is 153 Å². The highest BCUT2D eigenvalue weighted by Crippen LogP contribution is 2.33. The summed E-state index contributed by atoms with van der Waals surface area (Å²) in [5.41, 5.74) is -0.849. The molecule has 0 saturated carbocycles. The minimum Gasteiger partial charge on any atom is -0.355 e. The minimum absolute atomic E-state index is 0.102. The van der Waals surface area contributed by atoms with Crippen LogP contribution < -0.4 is 4.90 Å². The minimum atomic E-state index is -4.44. The molecular weight excluding hydrogens is 359 g/mol. The molecule has 10 heteroatoms. The smallest absolute Gasteiger partial charge is 0.355 e. The third kappa shape index (κ3) is 3.51. The van der Waals surface area contributed by atoms with Crippen LogP contribution in [0.5, 0.6) is 0 Å². The largest absolute Gasteiger partial charge is 0.434 e. The standard InChI is InChI=1S/C17H18F3N7/c1-25-11-13(17(18,19)20)23-16(25)12-4-2-6-26(10-12)14-8-21-9-15(24-14)27-7-3-5-22-27/h3,5,7-9,11-12H,2,4,6,10H2,1H3. The first-order valence-electron chi connectivity index (χ1n) is 8.59. The number of aromatic nitrogens is 6. The lowest BCUT2D eigenvalue weighted by atomic mass is 9.97. The summed E-state index contributed by atoms with van der Waals surface area (Å²) in [5, 5.41) is 4.15. The summed E-state index contributed by atoms with van der Waals surface area (Å²) < 4.78 is 42.0. The first-order valence-corrected chi connectivity index (χ1v) is 8.59. The predicted molar refractivity (Wildman–Crippen MR) is 91.6 cm³/mol. The van der Waals surface area contributed by atoms with Crippen molar-refractivity contribution in [1.82, 2.24) is 29.3 Å². The summed E-state index contributed by atoms with van der Waals surface area (Å²) in [6.45, 7) is 1.31. The summed E-state index contributed by atoms with van der Waals surface area (Å²) in [7, 11) is 1.61. The Morgan fingerprint density at radius 3 is 2.67 bits per heavy atom. The lowest BCUT2D eigenvalue weighted by Crippen LogP contribution is -2.36. The van der Waals surface area contributed by atoms with Gasteiger partial charge in [-0.05, 0) is 18.9 Å². The van der Waals surface area contributed by atoms with Crippen LogP contribution in [0, 0.1) is 0 Å². The number of hydrogen-bond donors (Lipinski definition) is 0. The molecule has 3 aromatic rings. The SMILES string of the molecule is Cn1cc(C(F)(F)F)nc1C1CCCN(c2cncc(-n3cccn3)n2)C1. The Kier molecular flexibility index (Phi) is 4.33. The number of halogens is 3. The molecular formula is C17H18F3N7. The van der Waals surface area contributed by atoms with Gasteiger partial charge in [-0.2, -0.15) is 18.3 Å². The molecule has 4 rings (SSSR count). The molecule has 0 spiro atoms. The van der Waals surface area contributed by atoms with Gasteiger partial charge in [-0.15, -0.1) is 0 Å². The molecule has 7 nitrogen and oxygen atoms in total. The molecule has 0 aliphatic carbocycles. The fraction of sp³-hybridized carbons (Fsp3) is 0.412. The molecule has 1 atom stereocenters. The first kappa shape index (κ1) is 17.5. The number of imidazole rings is 1. The van der Waals surface area contributed by atoms with Crippen LogP contribution in [0.25, 0.3) is 5.82 Å². The first-order chi connectivity index (χ1) is 12.9. The predicted octanol–water partition coefficient (Wildman–Crippen LogP) is 2.80. The second kappa shape index (κ2) is 6.67. The maximum atomic E-state index is 13.0. The zero-order valence-electron chi connectivity index (χ0n) is 14.6. The zero-order valence-corrected chi connectivity index (χ0v) is 14.6. The van der Waals surface area contributed by atoms with E-state index in [1.165, 1.54) is 4.57 Å². The third-order valence-electron chi connectivity index (χ3n) is 4.66. The maximum absolute atomic E-state index is 13.0. The van der Waals surface area contributed by atoms with Crippen molar-refractivity contribution in [2.75, 3.05) is 18.0 Å². The average Bonchev–Trinajstić information content (AvgIpc) is 3.31. The topological polar surface area (TPSA) is 64.7 Å². The molecule has 0 bridgehead atoms. The lowest BCUT2D eigenvalue weighted by Gasteiger charge is -2.33. The fourth-order valence-corrected chi connectivity index (χ4v) is 3.41. The number of anilines is 1. The zero-order chi connectivity index (χ0) is 19.0. The van der Waals surface area contributed by atoms with Crippen LogP contribution in [0.2, 0.25) is 0 Å². The summed E-state index contributed by atoms with van der Waals surface area (Å²) >= 11 is 0. The van der Waals surface area contributed by atoms with Crippen molar-refractivity contribution in [3.8, 4) is 5.82 Å². The van der Waals surface area contributed by atoms with E-state index in [1.807, 2.05) is 4.90 Å². The Balaban J connectivity index is 1.57. The van der Waals surface area contributed by atoms with Crippen molar-refractivity contribution in [2.45, 2.75) is 24.9 Å². The second-order valence-electron chi connectivity index (χ2n) is 6.56. The van der Waals surface area contributed by atoms with Crippen molar-refractivity contribution in [3.63, 3.8) is 0 Å². The summed E-state index contributed by atoms with van der Waals surface area (Å²) in [6.07, 6.45) is 4.95. The van der Waals surface area contributed by atoms with Gasteiger partial charge in [-0.3, -0.25) is 4.98 Å². The molecule has 3 aromatic heterocycles.